The van der Waals surface area contributed by atoms with E-state index in [9.17, 15) is 8.42 Å². The van der Waals surface area contributed by atoms with Crippen LogP contribution in [0.4, 0.5) is 0 Å². The van der Waals surface area contributed by atoms with Crippen LogP contribution in [-0.2, 0) is 10.2 Å². The molecule has 1 saturated heterocycles. The van der Waals surface area contributed by atoms with Gasteiger partial charge in [-0.05, 0) is 18.6 Å². The number of hydrogen-bond donors (Lipinski definition) is 0. The standard InChI is InChI=1S/C7H10N2O2S/c10-12(11,9-6-3-7-9)8-4-1-2-5-8/h1-2,4-5H,3,6-7H2. The Kier molecular flexibility index (Phi) is 1.69. The molecule has 12 heavy (non-hydrogen) atoms. The molecule has 0 spiro atoms. The van der Waals surface area contributed by atoms with Gasteiger partial charge < -0.3 is 0 Å². The summed E-state index contributed by atoms with van der Waals surface area (Å²) in [4.78, 5) is 0. The van der Waals surface area contributed by atoms with E-state index in [4.69, 9.17) is 0 Å². The van der Waals surface area contributed by atoms with Gasteiger partial charge in [0.25, 0.3) is 0 Å². The van der Waals surface area contributed by atoms with Crippen LogP contribution >= 0.6 is 0 Å². The molecule has 1 aromatic rings. The molecule has 4 nitrogen and oxygen atoms in total. The Balaban J connectivity index is 2.33. The molecule has 0 amide bonds. The van der Waals surface area contributed by atoms with Crippen molar-refractivity contribution in [3.05, 3.63) is 24.5 Å². The highest BCUT2D eigenvalue weighted by Gasteiger charge is 2.28. The molecule has 0 N–H and O–H groups in total. The van der Waals surface area contributed by atoms with Crippen molar-refractivity contribution in [3.8, 4) is 0 Å². The minimum absolute atomic E-state index is 0.653. The summed E-state index contributed by atoms with van der Waals surface area (Å²) in [6.07, 6.45) is 4.07. The number of nitrogens with zero attached hydrogens (tertiary/aromatic N) is 2. The van der Waals surface area contributed by atoms with Crippen LogP contribution in [-0.4, -0.2) is 29.8 Å². The second-order valence-electron chi connectivity index (χ2n) is 2.77. The predicted octanol–water partition coefficient (Wildman–Crippen LogP) is 0.287. The lowest BCUT2D eigenvalue weighted by Gasteiger charge is -2.29. The summed E-state index contributed by atoms with van der Waals surface area (Å²) >= 11 is 0. The van der Waals surface area contributed by atoms with Crippen molar-refractivity contribution in [2.75, 3.05) is 13.1 Å². The van der Waals surface area contributed by atoms with Crippen LogP contribution in [0.3, 0.4) is 0 Å². The lowest BCUT2D eigenvalue weighted by atomic mass is 10.3. The number of aromatic nitrogens is 1. The number of hydrogen-bond acceptors (Lipinski definition) is 2. The molecule has 1 aliphatic heterocycles. The first-order chi connectivity index (χ1) is 5.71. The van der Waals surface area contributed by atoms with Crippen molar-refractivity contribution in [3.63, 3.8) is 0 Å². The molecule has 2 heterocycles. The first kappa shape index (κ1) is 7.82. The molecule has 1 aromatic heterocycles. The minimum atomic E-state index is -3.21. The van der Waals surface area contributed by atoms with Gasteiger partial charge in [-0.2, -0.15) is 12.7 Å². The largest absolute Gasteiger partial charge is 0.307 e. The van der Waals surface area contributed by atoms with Gasteiger partial charge in [-0.3, -0.25) is 0 Å². The van der Waals surface area contributed by atoms with Crippen molar-refractivity contribution >= 4 is 10.2 Å². The molecular weight excluding hydrogens is 176 g/mol. The molecule has 0 radical (unpaired) electrons. The van der Waals surface area contributed by atoms with Crippen LogP contribution in [0.2, 0.25) is 0 Å². The van der Waals surface area contributed by atoms with Gasteiger partial charge >= 0.3 is 10.2 Å². The smallest absolute Gasteiger partial charge is 0.240 e. The van der Waals surface area contributed by atoms with Crippen LogP contribution in [0.25, 0.3) is 0 Å². The van der Waals surface area contributed by atoms with Crippen LogP contribution in [0.1, 0.15) is 6.42 Å². The molecule has 66 valence electrons. The molecule has 2 rings (SSSR count). The molecule has 0 aliphatic carbocycles. The summed E-state index contributed by atoms with van der Waals surface area (Å²) in [5, 5.41) is 0. The number of rotatable bonds is 2. The summed E-state index contributed by atoms with van der Waals surface area (Å²) < 4.78 is 25.8. The van der Waals surface area contributed by atoms with E-state index in [0.29, 0.717) is 13.1 Å². The third kappa shape index (κ3) is 1.05. The zero-order valence-electron chi connectivity index (χ0n) is 6.55. The van der Waals surface area contributed by atoms with Gasteiger partial charge in [-0.15, -0.1) is 0 Å². The molecule has 5 heteroatoms. The molecule has 1 fully saturated rings. The summed E-state index contributed by atoms with van der Waals surface area (Å²) in [6, 6.07) is 3.41. The third-order valence-electron chi connectivity index (χ3n) is 1.98. The van der Waals surface area contributed by atoms with E-state index < -0.39 is 10.2 Å². The molecule has 0 bridgehead atoms. The molecule has 1 aliphatic rings. The van der Waals surface area contributed by atoms with Gasteiger partial charge in [0.15, 0.2) is 0 Å². The molecule has 0 unspecified atom stereocenters. The summed E-state index contributed by atoms with van der Waals surface area (Å²) in [6.45, 7) is 1.31. The zero-order chi connectivity index (χ0) is 8.60. The van der Waals surface area contributed by atoms with Crippen LogP contribution in [0, 0.1) is 0 Å². The highest BCUT2D eigenvalue weighted by Crippen LogP contribution is 2.14. The Morgan fingerprint density at radius 3 is 2.08 bits per heavy atom. The fraction of sp³-hybridized carbons (Fsp3) is 0.429. The SMILES string of the molecule is O=S(=O)(N1CCC1)n1cccc1. The molecule has 0 atom stereocenters. The van der Waals surface area contributed by atoms with Crippen LogP contribution < -0.4 is 0 Å². The first-order valence-electron chi connectivity index (χ1n) is 3.85. The predicted molar refractivity (Wildman–Crippen MR) is 44.9 cm³/mol. The van der Waals surface area contributed by atoms with E-state index in [1.54, 1.807) is 24.5 Å². The van der Waals surface area contributed by atoms with Crippen LogP contribution in [0.5, 0.6) is 0 Å². The van der Waals surface area contributed by atoms with E-state index in [1.807, 2.05) is 0 Å². The third-order valence-corrected chi connectivity index (χ3v) is 3.78. The highest BCUT2D eigenvalue weighted by atomic mass is 32.2. The van der Waals surface area contributed by atoms with E-state index in [0.717, 1.165) is 6.42 Å². The molecule has 0 aromatic carbocycles. The van der Waals surface area contributed by atoms with E-state index in [2.05, 4.69) is 0 Å². The highest BCUT2D eigenvalue weighted by molar-refractivity contribution is 7.87. The molecular formula is C7H10N2O2S. The van der Waals surface area contributed by atoms with Crippen molar-refractivity contribution in [2.45, 2.75) is 6.42 Å². The Hall–Kier alpha value is -0.810. The second-order valence-corrected chi connectivity index (χ2v) is 4.61. The Morgan fingerprint density at radius 1 is 1.08 bits per heavy atom. The van der Waals surface area contributed by atoms with Crippen molar-refractivity contribution in [1.82, 2.24) is 8.28 Å². The summed E-state index contributed by atoms with van der Waals surface area (Å²) in [7, 11) is -3.21. The maximum absolute atomic E-state index is 11.6. The summed E-state index contributed by atoms with van der Waals surface area (Å²) in [5.41, 5.74) is 0. The zero-order valence-corrected chi connectivity index (χ0v) is 7.37. The topological polar surface area (TPSA) is 42.3 Å². The first-order valence-corrected chi connectivity index (χ1v) is 5.24. The van der Waals surface area contributed by atoms with E-state index in [1.165, 1.54) is 8.28 Å². The van der Waals surface area contributed by atoms with Crippen molar-refractivity contribution < 1.29 is 8.42 Å². The quantitative estimate of drug-likeness (QED) is 0.666. The Morgan fingerprint density at radius 2 is 1.67 bits per heavy atom. The fourth-order valence-electron chi connectivity index (χ4n) is 1.12. The van der Waals surface area contributed by atoms with Gasteiger partial charge in [0, 0.05) is 25.5 Å². The van der Waals surface area contributed by atoms with Gasteiger partial charge in [-0.1, -0.05) is 0 Å². The monoisotopic (exact) mass is 186 g/mol. The lowest BCUT2D eigenvalue weighted by Crippen LogP contribution is -2.44. The Bertz CT molecular complexity index is 351. The van der Waals surface area contributed by atoms with E-state index in [-0.39, 0.29) is 0 Å². The maximum Gasteiger partial charge on any atom is 0.307 e. The average molecular weight is 186 g/mol. The normalized spacial score (nSPS) is 19.0. The van der Waals surface area contributed by atoms with E-state index >= 15 is 0 Å². The fourth-order valence-corrected chi connectivity index (χ4v) is 2.56. The average Bonchev–Trinajstić information content (AvgIpc) is 2.30. The van der Waals surface area contributed by atoms with Crippen molar-refractivity contribution in [2.24, 2.45) is 0 Å². The minimum Gasteiger partial charge on any atom is -0.240 e. The maximum atomic E-state index is 11.6. The van der Waals surface area contributed by atoms with Gasteiger partial charge in [-0.25, -0.2) is 3.97 Å². The van der Waals surface area contributed by atoms with Gasteiger partial charge in [0.05, 0.1) is 0 Å². The van der Waals surface area contributed by atoms with Gasteiger partial charge in [0.1, 0.15) is 0 Å². The van der Waals surface area contributed by atoms with Crippen LogP contribution in [0.15, 0.2) is 24.5 Å². The second kappa shape index (κ2) is 2.60. The van der Waals surface area contributed by atoms with Gasteiger partial charge in [0.2, 0.25) is 0 Å². The van der Waals surface area contributed by atoms with Crippen molar-refractivity contribution in [1.29, 1.82) is 0 Å². The Labute approximate surface area is 71.6 Å². The lowest BCUT2D eigenvalue weighted by molar-refractivity contribution is 0.306. The summed E-state index contributed by atoms with van der Waals surface area (Å²) in [5.74, 6) is 0. The molecule has 0 saturated carbocycles.